The molecule has 0 aliphatic carbocycles. The second-order valence-electron chi connectivity index (χ2n) is 7.29. The third-order valence-corrected chi connectivity index (χ3v) is 4.90. The fraction of sp³-hybridized carbons (Fsp3) is 0.652. The van der Waals surface area contributed by atoms with Crippen molar-refractivity contribution in [2.45, 2.75) is 46.0 Å². The first-order chi connectivity index (χ1) is 14.8. The molecule has 1 aromatic carbocycles. The Morgan fingerprint density at radius 2 is 1.84 bits per heavy atom. The number of nitrogens with zero attached hydrogens (tertiary/aromatic N) is 2. The van der Waals surface area contributed by atoms with Crippen molar-refractivity contribution in [3.05, 3.63) is 29.8 Å². The minimum Gasteiger partial charge on any atom is -0.379 e. The Morgan fingerprint density at radius 3 is 2.61 bits per heavy atom. The number of ether oxygens (including phenoxy) is 2. The van der Waals surface area contributed by atoms with Crippen LogP contribution in [0.4, 0.5) is 5.69 Å². The van der Waals surface area contributed by atoms with Crippen molar-refractivity contribution >= 4 is 41.5 Å². The Labute approximate surface area is 204 Å². The van der Waals surface area contributed by atoms with Gasteiger partial charge in [-0.1, -0.05) is 31.5 Å². The molecule has 0 aromatic heterocycles. The van der Waals surface area contributed by atoms with Crippen LogP contribution in [0.2, 0.25) is 0 Å². The number of hydrogen-bond donors (Lipinski definition) is 2. The number of anilines is 1. The van der Waals surface area contributed by atoms with Crippen LogP contribution < -0.4 is 15.5 Å². The lowest BCUT2D eigenvalue weighted by atomic mass is 10.2. The summed E-state index contributed by atoms with van der Waals surface area (Å²) in [6, 6.07) is 8.16. The Morgan fingerprint density at radius 1 is 1.06 bits per heavy atom. The molecule has 0 spiro atoms. The number of hydrogen-bond acceptors (Lipinski definition) is 4. The first-order valence-corrected chi connectivity index (χ1v) is 11.3. The number of para-hydroxylation sites is 1. The zero-order valence-corrected chi connectivity index (χ0v) is 21.4. The van der Waals surface area contributed by atoms with Crippen LogP contribution in [-0.2, 0) is 20.7 Å². The van der Waals surface area contributed by atoms with Crippen LogP contribution in [0.15, 0.2) is 29.3 Å². The standard InChI is InChI=1S/C23H38N4O3.HI/c1-3-5-16-29-18-19-30-17-14-26-23(24-4-2)25-13-8-11-22(28)27-15-12-20-9-6-7-10-21(20)27;/h6-7,9-10H,3-5,8,11-19H2,1-2H3,(H2,24,25,26);1H. The molecule has 176 valence electrons. The number of amides is 1. The number of benzene rings is 1. The van der Waals surface area contributed by atoms with Gasteiger partial charge in [0.05, 0.1) is 19.8 Å². The predicted octanol–water partition coefficient (Wildman–Crippen LogP) is 3.36. The van der Waals surface area contributed by atoms with Crippen molar-refractivity contribution in [3.63, 3.8) is 0 Å². The summed E-state index contributed by atoms with van der Waals surface area (Å²) in [4.78, 5) is 19.0. The summed E-state index contributed by atoms with van der Waals surface area (Å²) in [6.45, 7) is 9.74. The molecule has 7 nitrogen and oxygen atoms in total. The molecule has 8 heteroatoms. The highest BCUT2D eigenvalue weighted by Gasteiger charge is 2.23. The summed E-state index contributed by atoms with van der Waals surface area (Å²) in [5, 5.41) is 6.49. The largest absolute Gasteiger partial charge is 0.379 e. The van der Waals surface area contributed by atoms with E-state index in [1.807, 2.05) is 30.0 Å². The topological polar surface area (TPSA) is 75.2 Å². The quantitative estimate of drug-likeness (QED) is 0.162. The SMILES string of the molecule is CCCCOCCOCCNC(=NCCCC(=O)N1CCc2ccccc21)NCC.I. The number of aliphatic imine (C=N–C) groups is 1. The maximum Gasteiger partial charge on any atom is 0.227 e. The Kier molecular flexibility index (Phi) is 15.3. The Bertz CT molecular complexity index is 657. The van der Waals surface area contributed by atoms with Crippen molar-refractivity contribution in [3.8, 4) is 0 Å². The van der Waals surface area contributed by atoms with Gasteiger partial charge in [0.25, 0.3) is 0 Å². The Balaban J connectivity index is 0.00000480. The van der Waals surface area contributed by atoms with Crippen molar-refractivity contribution in [2.24, 2.45) is 4.99 Å². The summed E-state index contributed by atoms with van der Waals surface area (Å²) in [6.07, 6.45) is 4.44. The van der Waals surface area contributed by atoms with E-state index in [1.165, 1.54) is 5.56 Å². The molecule has 1 amide bonds. The molecule has 1 aliphatic rings. The summed E-state index contributed by atoms with van der Waals surface area (Å²) >= 11 is 0. The number of halogens is 1. The van der Waals surface area contributed by atoms with Gasteiger partial charge in [0, 0.05) is 44.9 Å². The minimum absolute atomic E-state index is 0. The van der Waals surface area contributed by atoms with Crippen molar-refractivity contribution in [1.82, 2.24) is 10.6 Å². The van der Waals surface area contributed by atoms with E-state index in [2.05, 4.69) is 28.6 Å². The summed E-state index contributed by atoms with van der Waals surface area (Å²) < 4.78 is 11.0. The second kappa shape index (κ2) is 17.2. The van der Waals surface area contributed by atoms with Crippen LogP contribution in [0.1, 0.15) is 45.1 Å². The van der Waals surface area contributed by atoms with Gasteiger partial charge in [0.1, 0.15) is 0 Å². The van der Waals surface area contributed by atoms with Gasteiger partial charge in [-0.25, -0.2) is 0 Å². The molecule has 1 heterocycles. The van der Waals surface area contributed by atoms with Gasteiger partial charge < -0.3 is 25.0 Å². The fourth-order valence-electron chi connectivity index (χ4n) is 3.31. The van der Waals surface area contributed by atoms with Crippen LogP contribution in [0.5, 0.6) is 0 Å². The molecule has 0 saturated heterocycles. The fourth-order valence-corrected chi connectivity index (χ4v) is 3.31. The number of carbonyl (C=O) groups is 1. The Hall–Kier alpha value is -1.39. The van der Waals surface area contributed by atoms with Crippen LogP contribution >= 0.6 is 24.0 Å². The first-order valence-electron chi connectivity index (χ1n) is 11.3. The molecular formula is C23H39IN4O3. The molecule has 0 fully saturated rings. The van der Waals surface area contributed by atoms with E-state index >= 15 is 0 Å². The molecule has 31 heavy (non-hydrogen) atoms. The molecule has 0 unspecified atom stereocenters. The van der Waals surface area contributed by atoms with Crippen LogP contribution in [0.3, 0.4) is 0 Å². The maximum atomic E-state index is 12.6. The third kappa shape index (κ3) is 10.7. The zero-order valence-electron chi connectivity index (χ0n) is 19.0. The molecule has 1 aliphatic heterocycles. The molecular weight excluding hydrogens is 507 g/mol. The average Bonchev–Trinajstić information content (AvgIpc) is 3.19. The van der Waals surface area contributed by atoms with E-state index < -0.39 is 0 Å². The van der Waals surface area contributed by atoms with E-state index in [0.717, 1.165) is 57.0 Å². The lowest BCUT2D eigenvalue weighted by Gasteiger charge is -2.17. The third-order valence-electron chi connectivity index (χ3n) is 4.90. The molecule has 2 rings (SSSR count). The van der Waals surface area contributed by atoms with E-state index in [-0.39, 0.29) is 29.9 Å². The van der Waals surface area contributed by atoms with E-state index in [9.17, 15) is 4.79 Å². The highest BCUT2D eigenvalue weighted by atomic mass is 127. The molecule has 1 aromatic rings. The van der Waals surface area contributed by atoms with Gasteiger partial charge in [-0.3, -0.25) is 9.79 Å². The zero-order chi connectivity index (χ0) is 21.4. The number of guanidine groups is 1. The van der Waals surface area contributed by atoms with E-state index in [1.54, 1.807) is 0 Å². The lowest BCUT2D eigenvalue weighted by molar-refractivity contribution is -0.118. The van der Waals surface area contributed by atoms with Gasteiger partial charge in [-0.05, 0) is 37.8 Å². The normalized spacial score (nSPS) is 13.0. The molecule has 0 radical (unpaired) electrons. The number of rotatable bonds is 14. The summed E-state index contributed by atoms with van der Waals surface area (Å²) in [7, 11) is 0. The number of fused-ring (bicyclic) bond motifs is 1. The van der Waals surface area contributed by atoms with Gasteiger partial charge in [0.15, 0.2) is 5.96 Å². The number of nitrogens with one attached hydrogen (secondary N) is 2. The molecule has 0 atom stereocenters. The van der Waals surface area contributed by atoms with Crippen LogP contribution in [0.25, 0.3) is 0 Å². The van der Waals surface area contributed by atoms with Crippen LogP contribution in [0, 0.1) is 0 Å². The average molecular weight is 546 g/mol. The van der Waals surface area contributed by atoms with Gasteiger partial charge in [-0.15, -0.1) is 24.0 Å². The highest BCUT2D eigenvalue weighted by molar-refractivity contribution is 14.0. The molecule has 2 N–H and O–H groups in total. The molecule has 0 saturated carbocycles. The first kappa shape index (κ1) is 27.6. The lowest BCUT2D eigenvalue weighted by Crippen LogP contribution is -2.39. The predicted molar refractivity (Wildman–Crippen MR) is 138 cm³/mol. The second-order valence-corrected chi connectivity index (χ2v) is 7.29. The van der Waals surface area contributed by atoms with Gasteiger partial charge in [-0.2, -0.15) is 0 Å². The van der Waals surface area contributed by atoms with Crippen LogP contribution in [-0.4, -0.2) is 64.5 Å². The van der Waals surface area contributed by atoms with Crippen molar-refractivity contribution in [1.29, 1.82) is 0 Å². The molecule has 0 bridgehead atoms. The number of carbonyl (C=O) groups excluding carboxylic acids is 1. The maximum absolute atomic E-state index is 12.6. The van der Waals surface area contributed by atoms with E-state index in [0.29, 0.717) is 39.3 Å². The highest BCUT2D eigenvalue weighted by Crippen LogP contribution is 2.27. The minimum atomic E-state index is 0. The van der Waals surface area contributed by atoms with Gasteiger partial charge in [0.2, 0.25) is 5.91 Å². The summed E-state index contributed by atoms with van der Waals surface area (Å²) in [5.74, 6) is 0.946. The van der Waals surface area contributed by atoms with E-state index in [4.69, 9.17) is 9.47 Å². The van der Waals surface area contributed by atoms with Crippen molar-refractivity contribution < 1.29 is 14.3 Å². The van der Waals surface area contributed by atoms with Gasteiger partial charge >= 0.3 is 0 Å². The van der Waals surface area contributed by atoms with Crippen molar-refractivity contribution in [2.75, 3.05) is 57.5 Å². The monoisotopic (exact) mass is 546 g/mol. The summed E-state index contributed by atoms with van der Waals surface area (Å²) in [5.41, 5.74) is 2.33. The smallest absolute Gasteiger partial charge is 0.227 e. The number of unbranched alkanes of at least 4 members (excludes halogenated alkanes) is 1.